The Bertz CT molecular complexity index is 1850. The Morgan fingerprint density at radius 3 is 2.74 bits per heavy atom. The van der Waals surface area contributed by atoms with E-state index in [0.29, 0.717) is 110 Å². The van der Waals surface area contributed by atoms with Crippen LogP contribution in [0.5, 0.6) is 11.5 Å². The van der Waals surface area contributed by atoms with Gasteiger partial charge in [-0.1, -0.05) is 30.9 Å². The van der Waals surface area contributed by atoms with Crippen LogP contribution in [-0.2, 0) is 28.9 Å². The molecule has 0 unspecified atom stereocenters. The SMILES string of the molecule is C=C(C#N)CCNC(=O)Cn1c(CC)c(N2CCN(C(=O)c3ncc4c(c3O)CCO4)CC2)c(=O)c2nc(C3=CCOCC3)sc21. The summed E-state index contributed by atoms with van der Waals surface area (Å²) in [4.78, 5) is 53.9. The van der Waals surface area contributed by atoms with E-state index in [1.165, 1.54) is 17.5 Å². The first-order valence-electron chi connectivity index (χ1n) is 15.4. The van der Waals surface area contributed by atoms with Gasteiger partial charge in [0.2, 0.25) is 11.3 Å². The topological polar surface area (TPSA) is 163 Å². The summed E-state index contributed by atoms with van der Waals surface area (Å²) in [7, 11) is 0. The predicted octanol–water partition coefficient (Wildman–Crippen LogP) is 2.41. The number of aromatic hydroxyl groups is 1. The number of piperazine rings is 1. The molecular weight excluding hydrogens is 610 g/mol. The van der Waals surface area contributed by atoms with Gasteiger partial charge in [-0.15, -0.1) is 0 Å². The molecule has 1 fully saturated rings. The Morgan fingerprint density at radius 2 is 2.02 bits per heavy atom. The van der Waals surface area contributed by atoms with Crippen LogP contribution in [0.2, 0.25) is 0 Å². The molecule has 0 radical (unpaired) electrons. The first-order chi connectivity index (χ1) is 22.3. The Labute approximate surface area is 269 Å². The largest absolute Gasteiger partial charge is 0.505 e. The van der Waals surface area contributed by atoms with E-state index in [1.807, 2.05) is 28.5 Å². The van der Waals surface area contributed by atoms with E-state index in [4.69, 9.17) is 19.7 Å². The van der Waals surface area contributed by atoms with E-state index in [1.54, 1.807) is 4.90 Å². The van der Waals surface area contributed by atoms with Gasteiger partial charge in [0, 0.05) is 56.0 Å². The molecule has 0 spiro atoms. The summed E-state index contributed by atoms with van der Waals surface area (Å²) < 4.78 is 12.8. The molecule has 6 rings (SSSR count). The lowest BCUT2D eigenvalue weighted by molar-refractivity contribution is -0.121. The molecule has 6 heterocycles. The van der Waals surface area contributed by atoms with E-state index in [2.05, 4.69) is 16.9 Å². The fourth-order valence-electron chi connectivity index (χ4n) is 6.05. The zero-order valence-corrected chi connectivity index (χ0v) is 26.5. The Kier molecular flexibility index (Phi) is 9.05. The summed E-state index contributed by atoms with van der Waals surface area (Å²) in [6.07, 6.45) is 5.49. The molecule has 2 amide bonds. The van der Waals surface area contributed by atoms with Crippen molar-refractivity contribution in [3.8, 4) is 17.6 Å². The summed E-state index contributed by atoms with van der Waals surface area (Å²) in [5, 5.41) is 23.3. The van der Waals surface area contributed by atoms with Crippen molar-refractivity contribution in [2.45, 2.75) is 39.2 Å². The van der Waals surface area contributed by atoms with Crippen LogP contribution in [0.3, 0.4) is 0 Å². The number of aromatic nitrogens is 3. The summed E-state index contributed by atoms with van der Waals surface area (Å²) in [6.45, 7) is 8.73. The van der Waals surface area contributed by atoms with Gasteiger partial charge < -0.3 is 34.3 Å². The van der Waals surface area contributed by atoms with Gasteiger partial charge in [-0.05, 0) is 24.8 Å². The first-order valence-corrected chi connectivity index (χ1v) is 16.2. The third-order valence-corrected chi connectivity index (χ3v) is 9.63. The van der Waals surface area contributed by atoms with Gasteiger partial charge in [-0.25, -0.2) is 9.97 Å². The highest BCUT2D eigenvalue weighted by Gasteiger charge is 2.32. The molecule has 0 aromatic carbocycles. The molecule has 13 nitrogen and oxygen atoms in total. The second kappa shape index (κ2) is 13.3. The third-order valence-electron chi connectivity index (χ3n) is 8.48. The normalized spacial score (nSPS) is 16.0. The molecule has 3 aliphatic heterocycles. The minimum Gasteiger partial charge on any atom is -0.505 e. The van der Waals surface area contributed by atoms with Gasteiger partial charge in [-0.3, -0.25) is 14.4 Å². The number of carbonyl (C=O) groups is 2. The van der Waals surface area contributed by atoms with Crippen LogP contribution in [0.4, 0.5) is 5.69 Å². The summed E-state index contributed by atoms with van der Waals surface area (Å²) in [5.41, 5.74) is 3.27. The zero-order valence-electron chi connectivity index (χ0n) is 25.6. The number of thiazole rings is 1. The third kappa shape index (κ3) is 5.95. The van der Waals surface area contributed by atoms with Crippen LogP contribution in [-0.4, -0.2) is 88.9 Å². The van der Waals surface area contributed by atoms with E-state index in [-0.39, 0.29) is 41.8 Å². The monoisotopic (exact) mass is 645 g/mol. The van der Waals surface area contributed by atoms with Crippen molar-refractivity contribution >= 4 is 44.8 Å². The molecule has 0 atom stereocenters. The molecule has 46 heavy (non-hydrogen) atoms. The maximum Gasteiger partial charge on any atom is 0.276 e. The van der Waals surface area contributed by atoms with Gasteiger partial charge in [0.05, 0.1) is 32.1 Å². The van der Waals surface area contributed by atoms with Crippen LogP contribution in [0.25, 0.3) is 15.9 Å². The molecule has 3 aromatic heterocycles. The van der Waals surface area contributed by atoms with Gasteiger partial charge in [0.25, 0.3) is 5.91 Å². The number of nitrogens with one attached hydrogen (secondary N) is 1. The highest BCUT2D eigenvalue weighted by atomic mass is 32.1. The summed E-state index contributed by atoms with van der Waals surface area (Å²) in [6, 6.07) is 1.99. The molecule has 2 N–H and O–H groups in total. The van der Waals surface area contributed by atoms with Crippen molar-refractivity contribution in [1.29, 1.82) is 5.26 Å². The number of carbonyl (C=O) groups excluding carboxylic acids is 2. The van der Waals surface area contributed by atoms with Crippen molar-refractivity contribution in [3.05, 3.63) is 56.6 Å². The number of amides is 2. The molecule has 1 saturated heterocycles. The van der Waals surface area contributed by atoms with Gasteiger partial charge in [-0.2, -0.15) is 5.26 Å². The molecule has 0 saturated carbocycles. The van der Waals surface area contributed by atoms with Crippen molar-refractivity contribution < 1.29 is 24.2 Å². The Hall–Kier alpha value is -4.74. The molecule has 240 valence electrons. The van der Waals surface area contributed by atoms with E-state index in [0.717, 1.165) is 10.6 Å². The Morgan fingerprint density at radius 1 is 1.22 bits per heavy atom. The number of anilines is 1. The summed E-state index contributed by atoms with van der Waals surface area (Å²) >= 11 is 1.40. The molecule has 0 aliphatic carbocycles. The van der Waals surface area contributed by atoms with Crippen molar-refractivity contribution in [1.82, 2.24) is 24.8 Å². The number of rotatable bonds is 9. The maximum atomic E-state index is 14.2. The van der Waals surface area contributed by atoms with Gasteiger partial charge in [0.1, 0.15) is 33.3 Å². The van der Waals surface area contributed by atoms with Crippen molar-refractivity contribution in [2.75, 3.05) is 57.4 Å². The lowest BCUT2D eigenvalue weighted by Crippen LogP contribution is -2.50. The number of nitriles is 1. The average Bonchev–Trinajstić information content (AvgIpc) is 3.75. The number of pyridine rings is 2. The highest BCUT2D eigenvalue weighted by Crippen LogP contribution is 2.35. The van der Waals surface area contributed by atoms with Crippen LogP contribution >= 0.6 is 11.3 Å². The first kappa shape index (κ1) is 31.3. The molecule has 0 bridgehead atoms. The van der Waals surface area contributed by atoms with E-state index < -0.39 is 0 Å². The van der Waals surface area contributed by atoms with Gasteiger partial charge >= 0.3 is 0 Å². The van der Waals surface area contributed by atoms with Gasteiger partial charge in [0.15, 0.2) is 11.4 Å². The maximum absolute atomic E-state index is 14.2. The molecule has 14 heteroatoms. The second-order valence-electron chi connectivity index (χ2n) is 11.3. The smallest absolute Gasteiger partial charge is 0.276 e. The van der Waals surface area contributed by atoms with E-state index >= 15 is 0 Å². The number of nitrogens with zero attached hydrogens (tertiary/aromatic N) is 6. The second-order valence-corrected chi connectivity index (χ2v) is 12.3. The molecule has 3 aromatic rings. The number of hydrogen-bond acceptors (Lipinski definition) is 11. The van der Waals surface area contributed by atoms with Crippen LogP contribution in [0, 0.1) is 11.3 Å². The standard InChI is InChI=1S/C32H35N7O6S/c1-3-22-27(37-9-11-38(12-10-37)31(43)25-28(41)21-7-15-45-23(21)17-35-25)29(42)26-32(46-30(36-26)20-5-13-44-14-6-20)39(22)18-24(40)34-8-4-19(2)16-33/h5,17,41H,2-4,6-15,18H2,1H3,(H,34,40). The summed E-state index contributed by atoms with van der Waals surface area (Å²) in [5.74, 6) is -0.269. The fraction of sp³-hybridized carbons (Fsp3) is 0.438. The molecular formula is C32H35N7O6S. The lowest BCUT2D eigenvalue weighted by atomic mass is 10.1. The number of hydrogen-bond donors (Lipinski definition) is 2. The molecule has 3 aliphatic rings. The van der Waals surface area contributed by atoms with Crippen LogP contribution in [0.1, 0.15) is 46.5 Å². The predicted molar refractivity (Wildman–Crippen MR) is 172 cm³/mol. The quantitative estimate of drug-likeness (QED) is 0.331. The minimum atomic E-state index is -0.375. The van der Waals surface area contributed by atoms with Crippen molar-refractivity contribution in [3.63, 3.8) is 0 Å². The zero-order chi connectivity index (χ0) is 32.4. The lowest BCUT2D eigenvalue weighted by Gasteiger charge is -2.37. The van der Waals surface area contributed by atoms with Crippen LogP contribution < -0.4 is 20.4 Å². The fourth-order valence-corrected chi connectivity index (χ4v) is 7.20. The minimum absolute atomic E-state index is 0.00232. The van der Waals surface area contributed by atoms with Crippen LogP contribution in [0.15, 0.2) is 29.2 Å². The average molecular weight is 646 g/mol. The van der Waals surface area contributed by atoms with Crippen molar-refractivity contribution in [2.24, 2.45) is 0 Å². The Balaban J connectivity index is 1.30. The van der Waals surface area contributed by atoms with E-state index in [9.17, 15) is 19.5 Å². The number of ether oxygens (including phenoxy) is 2. The number of fused-ring (bicyclic) bond motifs is 2. The highest BCUT2D eigenvalue weighted by molar-refractivity contribution is 7.19.